The lowest BCUT2D eigenvalue weighted by Gasteiger charge is -2.36. The summed E-state index contributed by atoms with van der Waals surface area (Å²) in [5.41, 5.74) is 9.11. The number of nitrogens with zero attached hydrogens (tertiary/aromatic N) is 3. The maximum absolute atomic E-state index is 12.3. The summed E-state index contributed by atoms with van der Waals surface area (Å²) >= 11 is 0. The third kappa shape index (κ3) is 4.37. The summed E-state index contributed by atoms with van der Waals surface area (Å²) in [5, 5.41) is 4.74. The second-order valence-electron chi connectivity index (χ2n) is 9.55. The van der Waals surface area contributed by atoms with Gasteiger partial charge in [-0.2, -0.15) is 5.10 Å². The highest BCUT2D eigenvalue weighted by atomic mass is 16.6. The quantitative estimate of drug-likeness (QED) is 0.750. The molecule has 3 rings (SSSR count). The molecule has 1 atom stereocenters. The second kappa shape index (κ2) is 6.73. The molecule has 0 saturated carbocycles. The van der Waals surface area contributed by atoms with E-state index in [1.165, 1.54) is 5.57 Å². The average molecular weight is 373 g/mol. The molecule has 1 saturated heterocycles. The third-order valence-electron chi connectivity index (χ3n) is 4.96. The van der Waals surface area contributed by atoms with E-state index in [4.69, 9.17) is 15.6 Å². The first kappa shape index (κ1) is 19.5. The number of amides is 1. The van der Waals surface area contributed by atoms with Crippen LogP contribution in [0.5, 0.6) is 0 Å². The van der Waals surface area contributed by atoms with Crippen LogP contribution in [-0.2, 0) is 10.2 Å². The van der Waals surface area contributed by atoms with Crippen molar-refractivity contribution in [3.05, 3.63) is 29.5 Å². The summed E-state index contributed by atoms with van der Waals surface area (Å²) in [6.07, 6.45) is 5.90. The number of fused-ring (bicyclic) bond motifs is 1. The molecule has 1 unspecified atom stereocenters. The van der Waals surface area contributed by atoms with Crippen molar-refractivity contribution >= 4 is 17.6 Å². The zero-order chi connectivity index (χ0) is 20.0. The minimum atomic E-state index is -0.468. The number of piperidine rings is 1. The predicted molar refractivity (Wildman–Crippen MR) is 108 cm³/mol. The Morgan fingerprint density at radius 1 is 1.26 bits per heavy atom. The van der Waals surface area contributed by atoms with Crippen LogP contribution in [0.4, 0.5) is 10.6 Å². The van der Waals surface area contributed by atoms with Crippen LogP contribution >= 0.6 is 0 Å². The van der Waals surface area contributed by atoms with Gasteiger partial charge in [0.05, 0.1) is 5.69 Å². The zero-order valence-corrected chi connectivity index (χ0v) is 17.4. The topological polar surface area (TPSA) is 73.4 Å². The fraction of sp³-hybridized carbons (Fsp3) is 0.619. The SMILES string of the molecule is CC(C)(C)OC(=O)N1CCC2C=C(n3nc(C(C)(C)C)cc3N)CC=C2C1. The molecule has 0 aromatic carbocycles. The Kier molecular flexibility index (Phi) is 4.87. The molecule has 2 aliphatic rings. The molecule has 0 spiro atoms. The van der Waals surface area contributed by atoms with Crippen molar-refractivity contribution in [1.29, 1.82) is 0 Å². The number of rotatable bonds is 1. The van der Waals surface area contributed by atoms with Crippen molar-refractivity contribution in [3.8, 4) is 0 Å². The molecule has 6 heteroatoms. The van der Waals surface area contributed by atoms with Crippen LogP contribution in [0.2, 0.25) is 0 Å². The number of likely N-dealkylation sites (tertiary alicyclic amines) is 1. The highest BCUT2D eigenvalue weighted by Crippen LogP contribution is 2.34. The van der Waals surface area contributed by atoms with E-state index in [1.54, 1.807) is 4.90 Å². The summed E-state index contributed by atoms with van der Waals surface area (Å²) in [6.45, 7) is 13.4. The van der Waals surface area contributed by atoms with Crippen LogP contribution in [0, 0.1) is 5.92 Å². The van der Waals surface area contributed by atoms with Gasteiger partial charge < -0.3 is 15.4 Å². The van der Waals surface area contributed by atoms with E-state index in [9.17, 15) is 4.79 Å². The second-order valence-corrected chi connectivity index (χ2v) is 9.55. The molecule has 1 fully saturated rings. The van der Waals surface area contributed by atoms with Crippen molar-refractivity contribution in [2.75, 3.05) is 18.8 Å². The fourth-order valence-electron chi connectivity index (χ4n) is 3.47. The molecule has 1 aliphatic carbocycles. The third-order valence-corrected chi connectivity index (χ3v) is 4.96. The van der Waals surface area contributed by atoms with Crippen molar-refractivity contribution < 1.29 is 9.53 Å². The fourth-order valence-corrected chi connectivity index (χ4v) is 3.47. The Morgan fingerprint density at radius 2 is 1.96 bits per heavy atom. The first-order valence-electron chi connectivity index (χ1n) is 9.68. The van der Waals surface area contributed by atoms with Gasteiger partial charge in [0, 0.05) is 42.6 Å². The van der Waals surface area contributed by atoms with Crippen molar-refractivity contribution in [3.63, 3.8) is 0 Å². The molecule has 6 nitrogen and oxygen atoms in total. The van der Waals surface area contributed by atoms with Gasteiger partial charge in [-0.15, -0.1) is 0 Å². The van der Waals surface area contributed by atoms with Gasteiger partial charge >= 0.3 is 6.09 Å². The van der Waals surface area contributed by atoms with Crippen LogP contribution in [0.25, 0.3) is 5.70 Å². The van der Waals surface area contributed by atoms with Crippen LogP contribution in [0.1, 0.15) is 60.1 Å². The van der Waals surface area contributed by atoms with Crippen LogP contribution in [0.15, 0.2) is 23.8 Å². The largest absolute Gasteiger partial charge is 0.444 e. The molecular weight excluding hydrogens is 340 g/mol. The first-order chi connectivity index (χ1) is 12.4. The highest BCUT2D eigenvalue weighted by Gasteiger charge is 2.31. The lowest BCUT2D eigenvalue weighted by molar-refractivity contribution is 0.0236. The summed E-state index contributed by atoms with van der Waals surface area (Å²) in [6, 6.07) is 1.96. The Labute approximate surface area is 162 Å². The van der Waals surface area contributed by atoms with Gasteiger partial charge in [-0.05, 0) is 32.8 Å². The minimum absolute atomic E-state index is 0.0334. The number of aromatic nitrogens is 2. The van der Waals surface area contributed by atoms with Crippen LogP contribution < -0.4 is 5.73 Å². The molecule has 148 valence electrons. The lowest BCUT2D eigenvalue weighted by Crippen LogP contribution is -2.43. The number of hydrogen-bond donors (Lipinski definition) is 1. The molecule has 1 amide bonds. The summed E-state index contributed by atoms with van der Waals surface area (Å²) in [4.78, 5) is 14.1. The van der Waals surface area contributed by atoms with Gasteiger partial charge in [0.25, 0.3) is 0 Å². The number of allylic oxidation sites excluding steroid dienone is 3. The predicted octanol–water partition coefficient (Wildman–Crippen LogP) is 4.19. The van der Waals surface area contributed by atoms with E-state index in [-0.39, 0.29) is 11.5 Å². The van der Waals surface area contributed by atoms with Gasteiger partial charge in [0.15, 0.2) is 0 Å². The van der Waals surface area contributed by atoms with Crippen LogP contribution in [0.3, 0.4) is 0 Å². The smallest absolute Gasteiger partial charge is 0.410 e. The zero-order valence-electron chi connectivity index (χ0n) is 17.4. The molecular formula is C21H32N4O2. The minimum Gasteiger partial charge on any atom is -0.444 e. The van der Waals surface area contributed by atoms with Gasteiger partial charge in [-0.1, -0.05) is 32.9 Å². The van der Waals surface area contributed by atoms with Crippen molar-refractivity contribution in [2.45, 2.75) is 65.4 Å². The van der Waals surface area contributed by atoms with E-state index in [0.717, 1.165) is 24.2 Å². The number of carbonyl (C=O) groups is 1. The number of ether oxygens (including phenoxy) is 1. The monoisotopic (exact) mass is 372 g/mol. The van der Waals surface area contributed by atoms with Gasteiger partial charge in [0.2, 0.25) is 0 Å². The molecule has 1 aromatic rings. The maximum Gasteiger partial charge on any atom is 0.410 e. The first-order valence-corrected chi connectivity index (χ1v) is 9.68. The Hall–Kier alpha value is -2.24. The van der Waals surface area contributed by atoms with Gasteiger partial charge in [-0.25, -0.2) is 9.48 Å². The van der Waals surface area contributed by atoms with E-state index >= 15 is 0 Å². The number of carbonyl (C=O) groups excluding carboxylic acids is 1. The normalized spacial score (nSPS) is 20.7. The lowest BCUT2D eigenvalue weighted by atomic mass is 9.86. The number of anilines is 1. The average Bonchev–Trinajstić information content (AvgIpc) is 2.94. The van der Waals surface area contributed by atoms with Gasteiger partial charge in [0.1, 0.15) is 11.4 Å². The summed E-state index contributed by atoms with van der Waals surface area (Å²) in [5.74, 6) is 1.00. The number of nitrogen functional groups attached to an aromatic ring is 1. The van der Waals surface area contributed by atoms with Crippen molar-refractivity contribution in [2.24, 2.45) is 5.92 Å². The Bertz CT molecular complexity index is 790. The van der Waals surface area contributed by atoms with Gasteiger partial charge in [-0.3, -0.25) is 0 Å². The molecule has 2 N–H and O–H groups in total. The summed E-state index contributed by atoms with van der Waals surface area (Å²) in [7, 11) is 0. The highest BCUT2D eigenvalue weighted by molar-refractivity contribution is 5.69. The molecule has 2 heterocycles. The van der Waals surface area contributed by atoms with E-state index in [0.29, 0.717) is 24.8 Å². The Morgan fingerprint density at radius 3 is 2.56 bits per heavy atom. The molecule has 1 aliphatic heterocycles. The molecule has 1 aromatic heterocycles. The molecule has 27 heavy (non-hydrogen) atoms. The Balaban J connectivity index is 1.72. The molecule has 0 bridgehead atoms. The number of hydrogen-bond acceptors (Lipinski definition) is 4. The van der Waals surface area contributed by atoms with Crippen molar-refractivity contribution in [1.82, 2.24) is 14.7 Å². The van der Waals surface area contributed by atoms with Crippen LogP contribution in [-0.4, -0.2) is 39.5 Å². The summed E-state index contributed by atoms with van der Waals surface area (Å²) < 4.78 is 7.38. The van der Waals surface area contributed by atoms with E-state index in [1.807, 2.05) is 31.5 Å². The maximum atomic E-state index is 12.3. The number of nitrogens with two attached hydrogens (primary N) is 1. The standard InChI is InChI=1S/C21H32N4O2/c1-20(2,3)17-12-18(22)25(23-17)16-8-7-15-13-24(10-9-14(15)11-16)19(26)27-21(4,5)6/h7,11-12,14H,8-10,13,22H2,1-6H3. The van der Waals surface area contributed by atoms with E-state index < -0.39 is 5.60 Å². The van der Waals surface area contributed by atoms with E-state index in [2.05, 4.69) is 32.9 Å². The molecule has 0 radical (unpaired) electrons.